The lowest BCUT2D eigenvalue weighted by molar-refractivity contribution is -0.116. The summed E-state index contributed by atoms with van der Waals surface area (Å²) in [5.41, 5.74) is 3.15. The molecule has 0 aliphatic heterocycles. The van der Waals surface area contributed by atoms with Gasteiger partial charge in [-0.25, -0.2) is 4.39 Å². The molecule has 4 aromatic rings. The Morgan fingerprint density at radius 2 is 1.62 bits per heavy atom. The number of rotatable bonds is 8. The number of amides is 1. The van der Waals surface area contributed by atoms with E-state index >= 15 is 0 Å². The van der Waals surface area contributed by atoms with Gasteiger partial charge in [0.1, 0.15) is 5.82 Å². The summed E-state index contributed by atoms with van der Waals surface area (Å²) < 4.78 is 15.9. The molecule has 0 spiro atoms. The van der Waals surface area contributed by atoms with Gasteiger partial charge in [-0.15, -0.1) is 10.2 Å². The van der Waals surface area contributed by atoms with Crippen LogP contribution in [0.3, 0.4) is 0 Å². The molecular formula is C26H26FN5OS. The minimum Gasteiger partial charge on any atom is -0.356 e. The summed E-state index contributed by atoms with van der Waals surface area (Å²) in [5, 5.41) is 12.2. The van der Waals surface area contributed by atoms with Crippen LogP contribution in [0.5, 0.6) is 0 Å². The summed E-state index contributed by atoms with van der Waals surface area (Å²) in [4.78, 5) is 14.9. The summed E-state index contributed by atoms with van der Waals surface area (Å²) in [6, 6.07) is 24.1. The quantitative estimate of drug-likeness (QED) is 0.322. The van der Waals surface area contributed by atoms with Gasteiger partial charge in [0.15, 0.2) is 11.0 Å². The van der Waals surface area contributed by atoms with Crippen molar-refractivity contribution in [3.63, 3.8) is 0 Å². The molecule has 1 heterocycles. The highest BCUT2D eigenvalue weighted by atomic mass is 32.2. The predicted octanol–water partition coefficient (Wildman–Crippen LogP) is 5.90. The molecule has 0 saturated carbocycles. The zero-order valence-electron chi connectivity index (χ0n) is 19.3. The number of para-hydroxylation sites is 1. The first-order valence-electron chi connectivity index (χ1n) is 11.0. The lowest BCUT2D eigenvalue weighted by Gasteiger charge is -2.27. The minimum absolute atomic E-state index is 0.0190. The van der Waals surface area contributed by atoms with Gasteiger partial charge in [-0.2, -0.15) is 0 Å². The van der Waals surface area contributed by atoms with Gasteiger partial charge >= 0.3 is 0 Å². The number of anilines is 3. The molecule has 6 nitrogen and oxygen atoms in total. The smallest absolute Gasteiger partial charge is 0.237 e. The molecule has 0 aliphatic carbocycles. The standard InChI is InChI=1S/C26H26FN5OS/c1-18(2)32(21-15-13-20(14-16-21)28-19-9-5-4-6-10-19)24(33)17-34-26-30-29-25(31(26)3)22-11-7-8-12-23(22)27/h4-16,18,28H,17H2,1-3H3. The van der Waals surface area contributed by atoms with Crippen molar-refractivity contribution < 1.29 is 9.18 Å². The predicted molar refractivity (Wildman–Crippen MR) is 136 cm³/mol. The third-order valence-corrected chi connectivity index (χ3v) is 6.27. The first-order valence-corrected chi connectivity index (χ1v) is 11.9. The molecule has 174 valence electrons. The molecule has 8 heteroatoms. The molecule has 34 heavy (non-hydrogen) atoms. The van der Waals surface area contributed by atoms with Crippen molar-refractivity contribution in [1.82, 2.24) is 14.8 Å². The van der Waals surface area contributed by atoms with Gasteiger partial charge in [-0.3, -0.25) is 4.79 Å². The van der Waals surface area contributed by atoms with Crippen LogP contribution in [0.25, 0.3) is 11.4 Å². The Labute approximate surface area is 202 Å². The number of nitrogens with zero attached hydrogens (tertiary/aromatic N) is 4. The monoisotopic (exact) mass is 475 g/mol. The SMILES string of the molecule is CC(C)N(C(=O)CSc1nnc(-c2ccccc2F)n1C)c1ccc(Nc2ccccc2)cc1. The van der Waals surface area contributed by atoms with Gasteiger partial charge in [0.25, 0.3) is 0 Å². The van der Waals surface area contributed by atoms with Crippen molar-refractivity contribution in [3.8, 4) is 11.4 Å². The van der Waals surface area contributed by atoms with Gasteiger partial charge in [-0.1, -0.05) is 42.1 Å². The summed E-state index contributed by atoms with van der Waals surface area (Å²) in [6.07, 6.45) is 0. The molecule has 1 amide bonds. The number of benzene rings is 3. The van der Waals surface area contributed by atoms with Crippen LogP contribution in [0, 0.1) is 5.82 Å². The van der Waals surface area contributed by atoms with Gasteiger partial charge in [0.2, 0.25) is 5.91 Å². The molecule has 1 aromatic heterocycles. The normalized spacial score (nSPS) is 11.0. The third kappa shape index (κ3) is 5.28. The summed E-state index contributed by atoms with van der Waals surface area (Å²) in [6.45, 7) is 3.97. The summed E-state index contributed by atoms with van der Waals surface area (Å²) in [5.74, 6) is 0.210. The van der Waals surface area contributed by atoms with Gasteiger partial charge in [-0.05, 0) is 62.4 Å². The zero-order chi connectivity index (χ0) is 24.1. The maximum absolute atomic E-state index is 14.2. The highest BCUT2D eigenvalue weighted by Gasteiger charge is 2.21. The fraction of sp³-hybridized carbons (Fsp3) is 0.192. The largest absolute Gasteiger partial charge is 0.356 e. The Morgan fingerprint density at radius 3 is 2.29 bits per heavy atom. The Balaban J connectivity index is 1.44. The number of carbonyl (C=O) groups is 1. The number of nitrogens with one attached hydrogen (secondary N) is 1. The van der Waals surface area contributed by atoms with Crippen LogP contribution in [-0.4, -0.2) is 32.5 Å². The Kier molecular flexibility index (Phi) is 7.27. The molecule has 1 N–H and O–H groups in total. The van der Waals surface area contributed by atoms with Gasteiger partial charge in [0, 0.05) is 30.2 Å². The van der Waals surface area contributed by atoms with Crippen molar-refractivity contribution in [2.75, 3.05) is 16.0 Å². The van der Waals surface area contributed by atoms with Crippen molar-refractivity contribution in [1.29, 1.82) is 0 Å². The molecule has 0 atom stereocenters. The van der Waals surface area contributed by atoms with E-state index in [0.29, 0.717) is 16.5 Å². The summed E-state index contributed by atoms with van der Waals surface area (Å²) >= 11 is 1.29. The fourth-order valence-electron chi connectivity index (χ4n) is 3.64. The van der Waals surface area contributed by atoms with Crippen LogP contribution in [-0.2, 0) is 11.8 Å². The Hall–Kier alpha value is -3.65. The van der Waals surface area contributed by atoms with E-state index in [1.54, 1.807) is 34.7 Å². The van der Waals surface area contributed by atoms with Crippen molar-refractivity contribution in [2.24, 2.45) is 7.05 Å². The van der Waals surface area contributed by atoms with Crippen molar-refractivity contribution in [2.45, 2.75) is 25.0 Å². The van der Waals surface area contributed by atoms with E-state index in [4.69, 9.17) is 0 Å². The fourth-order valence-corrected chi connectivity index (χ4v) is 4.41. The van der Waals surface area contributed by atoms with Crippen molar-refractivity contribution >= 4 is 34.7 Å². The average molecular weight is 476 g/mol. The molecule has 4 rings (SSSR count). The molecule has 0 fully saturated rings. The topological polar surface area (TPSA) is 63.1 Å². The summed E-state index contributed by atoms with van der Waals surface area (Å²) in [7, 11) is 1.77. The maximum Gasteiger partial charge on any atom is 0.237 e. The van der Waals surface area contributed by atoms with Crippen LogP contribution in [0.15, 0.2) is 84.0 Å². The highest BCUT2D eigenvalue weighted by molar-refractivity contribution is 7.99. The van der Waals surface area contributed by atoms with Gasteiger partial charge in [0.05, 0.1) is 11.3 Å². The second-order valence-corrected chi connectivity index (χ2v) is 8.97. The lowest BCUT2D eigenvalue weighted by atomic mass is 10.2. The number of hydrogen-bond donors (Lipinski definition) is 1. The third-order valence-electron chi connectivity index (χ3n) is 5.27. The minimum atomic E-state index is -0.359. The zero-order valence-corrected chi connectivity index (χ0v) is 20.1. The molecule has 0 bridgehead atoms. The molecule has 0 aliphatic rings. The highest BCUT2D eigenvalue weighted by Crippen LogP contribution is 2.27. The van der Waals surface area contributed by atoms with E-state index < -0.39 is 0 Å². The number of thioether (sulfide) groups is 1. The second-order valence-electron chi connectivity index (χ2n) is 8.03. The number of halogens is 1. The number of aromatic nitrogens is 3. The molecule has 3 aromatic carbocycles. The first-order chi connectivity index (χ1) is 16.4. The number of carbonyl (C=O) groups excluding carboxylic acids is 1. The van der Waals surface area contributed by atoms with E-state index in [2.05, 4.69) is 15.5 Å². The van der Waals surface area contributed by atoms with Gasteiger partial charge < -0.3 is 14.8 Å². The van der Waals surface area contributed by atoms with E-state index in [1.165, 1.54) is 17.8 Å². The number of hydrogen-bond acceptors (Lipinski definition) is 5. The maximum atomic E-state index is 14.2. The van der Waals surface area contributed by atoms with Crippen molar-refractivity contribution in [3.05, 3.63) is 84.7 Å². The molecular weight excluding hydrogens is 449 g/mol. The van der Waals surface area contributed by atoms with E-state index in [9.17, 15) is 9.18 Å². The van der Waals surface area contributed by atoms with Crippen LogP contribution in [0.4, 0.5) is 21.5 Å². The molecule has 0 radical (unpaired) electrons. The molecule has 0 saturated heterocycles. The van der Waals surface area contributed by atoms with E-state index in [1.807, 2.05) is 68.4 Å². The lowest BCUT2D eigenvalue weighted by Crippen LogP contribution is -2.38. The second kappa shape index (κ2) is 10.5. The molecule has 0 unspecified atom stereocenters. The van der Waals surface area contributed by atoms with Crippen LogP contribution in [0.1, 0.15) is 13.8 Å². The average Bonchev–Trinajstić information content (AvgIpc) is 3.20. The Bertz CT molecular complexity index is 1260. The van der Waals surface area contributed by atoms with E-state index in [-0.39, 0.29) is 23.5 Å². The van der Waals surface area contributed by atoms with Crippen LogP contribution in [0.2, 0.25) is 0 Å². The Morgan fingerprint density at radius 1 is 0.971 bits per heavy atom. The van der Waals surface area contributed by atoms with Crippen LogP contribution >= 0.6 is 11.8 Å². The van der Waals surface area contributed by atoms with Crippen LogP contribution < -0.4 is 10.2 Å². The van der Waals surface area contributed by atoms with E-state index in [0.717, 1.165) is 17.1 Å². The first kappa shape index (κ1) is 23.5.